The van der Waals surface area contributed by atoms with Crippen molar-refractivity contribution < 1.29 is 13.2 Å². The summed E-state index contributed by atoms with van der Waals surface area (Å²) in [5.41, 5.74) is 0.724. The molecule has 8 heteroatoms. The van der Waals surface area contributed by atoms with Crippen LogP contribution in [0.3, 0.4) is 0 Å². The first-order valence-electron chi connectivity index (χ1n) is 10.1. The summed E-state index contributed by atoms with van der Waals surface area (Å²) in [7, 11) is -2.07. The lowest BCUT2D eigenvalue weighted by molar-refractivity contribution is -0.135. The molecule has 0 saturated carbocycles. The number of nitrogens with zero attached hydrogens (tertiary/aromatic N) is 3. The predicted octanol–water partition coefficient (Wildman–Crippen LogP) is 1.22. The first-order valence-corrected chi connectivity index (χ1v) is 11.6. The number of para-hydroxylation sites is 1. The van der Waals surface area contributed by atoms with E-state index in [0.717, 1.165) is 31.9 Å². The van der Waals surface area contributed by atoms with Crippen LogP contribution in [0.1, 0.15) is 20.3 Å². The number of carbonyl (C=O) groups is 1. The minimum absolute atomic E-state index is 0.213. The van der Waals surface area contributed by atoms with E-state index in [-0.39, 0.29) is 5.91 Å². The van der Waals surface area contributed by atoms with Gasteiger partial charge >= 0.3 is 0 Å². The van der Waals surface area contributed by atoms with E-state index in [4.69, 9.17) is 0 Å². The summed E-state index contributed by atoms with van der Waals surface area (Å²) in [6.07, 6.45) is 1.19. The molecule has 28 heavy (non-hydrogen) atoms. The van der Waals surface area contributed by atoms with Crippen molar-refractivity contribution >= 4 is 21.6 Å². The summed E-state index contributed by atoms with van der Waals surface area (Å²) in [5.74, 6) is 1.34. The zero-order valence-corrected chi connectivity index (χ0v) is 17.9. The summed E-state index contributed by atoms with van der Waals surface area (Å²) in [6, 6.07) is 7.08. The SMILES string of the molecule is CNS(=O)(=O)c1ccccc1N1CCN(CC(=O)N2CC(C)CC(C)C2)CC1. The average molecular weight is 409 g/mol. The third kappa shape index (κ3) is 4.85. The van der Waals surface area contributed by atoms with E-state index in [1.54, 1.807) is 12.1 Å². The predicted molar refractivity (Wildman–Crippen MR) is 111 cm³/mol. The van der Waals surface area contributed by atoms with Crippen LogP contribution in [0.4, 0.5) is 5.69 Å². The summed E-state index contributed by atoms with van der Waals surface area (Å²) < 4.78 is 27.0. The van der Waals surface area contributed by atoms with E-state index in [2.05, 4.69) is 28.4 Å². The smallest absolute Gasteiger partial charge is 0.242 e. The van der Waals surface area contributed by atoms with Crippen molar-refractivity contribution in [2.75, 3.05) is 57.8 Å². The maximum Gasteiger partial charge on any atom is 0.242 e. The molecule has 2 aliphatic heterocycles. The number of carbonyl (C=O) groups excluding carboxylic acids is 1. The molecule has 0 aliphatic carbocycles. The van der Waals surface area contributed by atoms with Crippen molar-refractivity contribution in [2.45, 2.75) is 25.2 Å². The Morgan fingerprint density at radius 1 is 1.07 bits per heavy atom. The van der Waals surface area contributed by atoms with Crippen LogP contribution >= 0.6 is 0 Å². The van der Waals surface area contributed by atoms with Crippen LogP contribution in [0.15, 0.2) is 29.2 Å². The highest BCUT2D eigenvalue weighted by Crippen LogP contribution is 2.26. The van der Waals surface area contributed by atoms with Gasteiger partial charge in [0.25, 0.3) is 0 Å². The Morgan fingerprint density at radius 2 is 1.68 bits per heavy atom. The van der Waals surface area contributed by atoms with Gasteiger partial charge in [0.2, 0.25) is 15.9 Å². The van der Waals surface area contributed by atoms with Crippen LogP contribution in [0, 0.1) is 11.8 Å². The van der Waals surface area contributed by atoms with Crippen LogP contribution in [0.5, 0.6) is 0 Å². The zero-order valence-electron chi connectivity index (χ0n) is 17.1. The lowest BCUT2D eigenvalue weighted by Gasteiger charge is -2.39. The van der Waals surface area contributed by atoms with Crippen LogP contribution in [0.25, 0.3) is 0 Å². The van der Waals surface area contributed by atoms with Crippen molar-refractivity contribution in [3.05, 3.63) is 24.3 Å². The molecule has 2 fully saturated rings. The van der Waals surface area contributed by atoms with Gasteiger partial charge in [-0.25, -0.2) is 13.1 Å². The molecular weight excluding hydrogens is 376 g/mol. The van der Waals surface area contributed by atoms with E-state index in [1.165, 1.54) is 13.5 Å². The van der Waals surface area contributed by atoms with Gasteiger partial charge in [0.05, 0.1) is 12.2 Å². The number of nitrogens with one attached hydrogen (secondary N) is 1. The molecular formula is C20H32N4O3S. The topological polar surface area (TPSA) is 73.0 Å². The molecule has 2 atom stereocenters. The number of anilines is 1. The monoisotopic (exact) mass is 408 g/mol. The number of piperidine rings is 1. The number of piperazine rings is 1. The van der Waals surface area contributed by atoms with Gasteiger partial charge in [-0.2, -0.15) is 0 Å². The molecule has 156 valence electrons. The van der Waals surface area contributed by atoms with Gasteiger partial charge in [-0.3, -0.25) is 9.69 Å². The first kappa shape index (κ1) is 21.1. The molecule has 0 spiro atoms. The standard InChI is InChI=1S/C20H32N4O3S/c1-16-12-17(2)14-24(13-16)20(25)15-22-8-10-23(11-9-22)18-6-4-5-7-19(18)28(26,27)21-3/h4-7,16-17,21H,8-15H2,1-3H3. The quantitative estimate of drug-likeness (QED) is 0.793. The number of likely N-dealkylation sites (tertiary alicyclic amines) is 1. The molecule has 1 amide bonds. The molecule has 7 nitrogen and oxygen atoms in total. The number of benzene rings is 1. The van der Waals surface area contributed by atoms with Gasteiger partial charge in [-0.1, -0.05) is 26.0 Å². The summed E-state index contributed by atoms with van der Waals surface area (Å²) in [4.78, 5) is 19.3. The number of sulfonamides is 1. The van der Waals surface area contributed by atoms with E-state index in [1.807, 2.05) is 17.0 Å². The maximum absolute atomic E-state index is 12.7. The lowest BCUT2D eigenvalue weighted by Crippen LogP contribution is -2.52. The molecule has 1 N–H and O–H groups in total. The number of hydrogen-bond acceptors (Lipinski definition) is 5. The molecule has 2 heterocycles. The highest BCUT2D eigenvalue weighted by atomic mass is 32.2. The second kappa shape index (κ2) is 8.80. The fraction of sp³-hybridized carbons (Fsp3) is 0.650. The van der Waals surface area contributed by atoms with Crippen molar-refractivity contribution in [3.63, 3.8) is 0 Å². The van der Waals surface area contributed by atoms with Gasteiger partial charge in [-0.05, 0) is 37.4 Å². The van der Waals surface area contributed by atoms with Gasteiger partial charge in [0, 0.05) is 39.3 Å². The fourth-order valence-corrected chi connectivity index (χ4v) is 5.31. The third-order valence-corrected chi connectivity index (χ3v) is 7.18. The normalized spacial score (nSPS) is 24.4. The largest absolute Gasteiger partial charge is 0.368 e. The van der Waals surface area contributed by atoms with Crippen LogP contribution in [-0.2, 0) is 14.8 Å². The Bertz CT molecular complexity index is 780. The van der Waals surface area contributed by atoms with E-state index in [9.17, 15) is 13.2 Å². The summed E-state index contributed by atoms with van der Waals surface area (Å²) in [6.45, 7) is 9.50. The third-order valence-electron chi connectivity index (χ3n) is 5.72. The number of hydrogen-bond donors (Lipinski definition) is 1. The molecule has 1 aromatic carbocycles. The first-order chi connectivity index (χ1) is 13.3. The maximum atomic E-state index is 12.7. The minimum atomic E-state index is -3.50. The molecule has 2 aliphatic rings. The Morgan fingerprint density at radius 3 is 2.29 bits per heavy atom. The molecule has 0 bridgehead atoms. The molecule has 1 aromatic rings. The second-order valence-electron chi connectivity index (χ2n) is 8.18. The van der Waals surface area contributed by atoms with Gasteiger partial charge in [0.15, 0.2) is 0 Å². The van der Waals surface area contributed by atoms with Gasteiger partial charge < -0.3 is 9.80 Å². The van der Waals surface area contributed by atoms with Crippen molar-refractivity contribution in [2.24, 2.45) is 11.8 Å². The molecule has 0 aromatic heterocycles. The lowest BCUT2D eigenvalue weighted by atomic mass is 9.92. The Kier molecular flexibility index (Phi) is 6.62. The van der Waals surface area contributed by atoms with E-state index < -0.39 is 10.0 Å². The molecule has 2 saturated heterocycles. The zero-order chi connectivity index (χ0) is 20.3. The molecule has 3 rings (SSSR count). The van der Waals surface area contributed by atoms with E-state index in [0.29, 0.717) is 36.4 Å². The van der Waals surface area contributed by atoms with Crippen molar-refractivity contribution in [1.29, 1.82) is 0 Å². The molecule has 2 unspecified atom stereocenters. The van der Waals surface area contributed by atoms with Gasteiger partial charge in [0.1, 0.15) is 4.90 Å². The molecule has 0 radical (unpaired) electrons. The van der Waals surface area contributed by atoms with Crippen LogP contribution in [-0.4, -0.2) is 77.0 Å². The van der Waals surface area contributed by atoms with Crippen molar-refractivity contribution in [3.8, 4) is 0 Å². The fourth-order valence-electron chi connectivity index (χ4n) is 4.36. The van der Waals surface area contributed by atoms with Gasteiger partial charge in [-0.15, -0.1) is 0 Å². The summed E-state index contributed by atoms with van der Waals surface area (Å²) >= 11 is 0. The van der Waals surface area contributed by atoms with Crippen molar-refractivity contribution in [1.82, 2.24) is 14.5 Å². The van der Waals surface area contributed by atoms with Crippen LogP contribution in [0.2, 0.25) is 0 Å². The summed E-state index contributed by atoms with van der Waals surface area (Å²) in [5, 5.41) is 0. The van der Waals surface area contributed by atoms with Crippen LogP contribution < -0.4 is 9.62 Å². The second-order valence-corrected chi connectivity index (χ2v) is 10.0. The Balaban J connectivity index is 1.59. The number of rotatable bonds is 5. The highest BCUT2D eigenvalue weighted by Gasteiger charge is 2.28. The van der Waals surface area contributed by atoms with E-state index >= 15 is 0 Å². The minimum Gasteiger partial charge on any atom is -0.368 e. The Labute approximate surface area is 168 Å². The average Bonchev–Trinajstić information content (AvgIpc) is 2.68. The Hall–Kier alpha value is -1.64. The highest BCUT2D eigenvalue weighted by molar-refractivity contribution is 7.89. The number of amides is 1.